The van der Waals surface area contributed by atoms with Gasteiger partial charge in [0.2, 0.25) is 0 Å². The van der Waals surface area contributed by atoms with Crippen molar-refractivity contribution in [2.24, 2.45) is 0 Å². The van der Waals surface area contributed by atoms with Gasteiger partial charge in [-0.05, 0) is 47.7 Å². The molecule has 18 heavy (non-hydrogen) atoms. The van der Waals surface area contributed by atoms with Crippen LogP contribution in [0.2, 0.25) is 0 Å². The first kappa shape index (κ1) is 14.9. The Morgan fingerprint density at radius 2 is 2.17 bits per heavy atom. The molecule has 6 heteroatoms. The minimum atomic E-state index is -0.468. The van der Waals surface area contributed by atoms with Crippen molar-refractivity contribution in [3.8, 4) is 0 Å². The van der Waals surface area contributed by atoms with Crippen LogP contribution in [0.5, 0.6) is 0 Å². The first-order chi connectivity index (χ1) is 8.45. The van der Waals surface area contributed by atoms with E-state index < -0.39 is 5.97 Å². The maximum Gasteiger partial charge on any atom is 0.338 e. The molecule has 0 bridgehead atoms. The van der Waals surface area contributed by atoms with Crippen LogP contribution < -0.4 is 5.73 Å². The number of esters is 1. The van der Waals surface area contributed by atoms with Crippen molar-refractivity contribution >= 4 is 27.6 Å². The van der Waals surface area contributed by atoms with Crippen LogP contribution in [0, 0.1) is 0 Å². The fourth-order valence-corrected chi connectivity index (χ4v) is 1.99. The number of nitrogens with zero attached hydrogens (tertiary/aromatic N) is 1. The number of carbonyl (C=O) groups excluding carboxylic acids is 1. The van der Waals surface area contributed by atoms with Gasteiger partial charge in [0.1, 0.15) is 6.61 Å². The van der Waals surface area contributed by atoms with Gasteiger partial charge < -0.3 is 20.5 Å². The third kappa shape index (κ3) is 3.97. The van der Waals surface area contributed by atoms with E-state index in [4.69, 9.17) is 15.6 Å². The molecule has 1 aromatic carbocycles. The largest absolute Gasteiger partial charge is 0.460 e. The number of aliphatic hydroxyl groups excluding tert-OH is 1. The number of benzene rings is 1. The molecule has 1 rings (SSSR count). The normalized spacial score (nSPS) is 10.7. The number of anilines is 1. The molecule has 5 nitrogen and oxygen atoms in total. The van der Waals surface area contributed by atoms with Gasteiger partial charge in [0.15, 0.2) is 0 Å². The van der Waals surface area contributed by atoms with E-state index in [1.165, 1.54) is 0 Å². The fraction of sp³-hybridized carbons (Fsp3) is 0.417. The predicted octanol–water partition coefficient (Wildman–Crippen LogP) is 1.24. The van der Waals surface area contributed by atoms with Crippen LogP contribution in [0.4, 0.5) is 5.69 Å². The SMILES string of the molecule is CN(C)Cc1cc(C(=O)OCCO)cc(Br)c1N. The van der Waals surface area contributed by atoms with E-state index in [0.717, 1.165) is 5.56 Å². The average Bonchev–Trinajstić information content (AvgIpc) is 2.31. The highest BCUT2D eigenvalue weighted by atomic mass is 79.9. The van der Waals surface area contributed by atoms with Gasteiger partial charge in [0, 0.05) is 11.0 Å². The van der Waals surface area contributed by atoms with Crippen molar-refractivity contribution in [3.05, 3.63) is 27.7 Å². The van der Waals surface area contributed by atoms with Crippen LogP contribution in [0.1, 0.15) is 15.9 Å². The molecule has 0 aliphatic rings. The fourth-order valence-electron chi connectivity index (χ4n) is 1.49. The number of halogens is 1. The maximum absolute atomic E-state index is 11.7. The van der Waals surface area contributed by atoms with Gasteiger partial charge in [-0.1, -0.05) is 0 Å². The van der Waals surface area contributed by atoms with Crippen molar-refractivity contribution in [2.75, 3.05) is 33.0 Å². The van der Waals surface area contributed by atoms with Crippen molar-refractivity contribution in [3.63, 3.8) is 0 Å². The second-order valence-corrected chi connectivity index (χ2v) is 4.98. The Balaban J connectivity index is 3.00. The molecule has 0 aliphatic carbocycles. The Kier molecular flexibility index (Phi) is 5.58. The van der Waals surface area contributed by atoms with E-state index in [1.54, 1.807) is 12.1 Å². The van der Waals surface area contributed by atoms with Gasteiger partial charge in [-0.25, -0.2) is 4.79 Å². The molecule has 0 saturated carbocycles. The summed E-state index contributed by atoms with van der Waals surface area (Å²) in [5.74, 6) is -0.468. The summed E-state index contributed by atoms with van der Waals surface area (Å²) in [5.41, 5.74) is 7.82. The first-order valence-electron chi connectivity index (χ1n) is 5.46. The minimum Gasteiger partial charge on any atom is -0.460 e. The summed E-state index contributed by atoms with van der Waals surface area (Å²) in [7, 11) is 3.84. The molecule has 100 valence electrons. The standard InChI is InChI=1S/C12H17BrN2O3/c1-15(2)7-9-5-8(6-10(13)11(9)14)12(17)18-4-3-16/h5-6,16H,3-4,7,14H2,1-2H3. The molecule has 0 radical (unpaired) electrons. The lowest BCUT2D eigenvalue weighted by atomic mass is 10.1. The van der Waals surface area contributed by atoms with Crippen molar-refractivity contribution in [2.45, 2.75) is 6.54 Å². The van der Waals surface area contributed by atoms with Crippen LogP contribution in [-0.2, 0) is 11.3 Å². The van der Waals surface area contributed by atoms with Crippen molar-refractivity contribution in [1.82, 2.24) is 4.90 Å². The molecular formula is C12H17BrN2O3. The zero-order valence-corrected chi connectivity index (χ0v) is 12.0. The van der Waals surface area contributed by atoms with E-state index in [2.05, 4.69) is 15.9 Å². The molecule has 0 aromatic heterocycles. The monoisotopic (exact) mass is 316 g/mol. The molecule has 0 unspecified atom stereocenters. The predicted molar refractivity (Wildman–Crippen MR) is 73.3 cm³/mol. The Bertz CT molecular complexity index is 436. The molecule has 0 atom stereocenters. The maximum atomic E-state index is 11.7. The van der Waals surface area contributed by atoms with Crippen molar-refractivity contribution in [1.29, 1.82) is 0 Å². The van der Waals surface area contributed by atoms with Gasteiger partial charge in [0.25, 0.3) is 0 Å². The number of nitrogens with two attached hydrogens (primary N) is 1. The first-order valence-corrected chi connectivity index (χ1v) is 6.25. The van der Waals surface area contributed by atoms with Crippen LogP contribution in [0.15, 0.2) is 16.6 Å². The number of hydrogen-bond donors (Lipinski definition) is 2. The Morgan fingerprint density at radius 1 is 1.50 bits per heavy atom. The highest BCUT2D eigenvalue weighted by molar-refractivity contribution is 9.10. The Morgan fingerprint density at radius 3 is 2.72 bits per heavy atom. The quantitative estimate of drug-likeness (QED) is 0.631. The summed E-state index contributed by atoms with van der Waals surface area (Å²) in [5, 5.41) is 8.62. The van der Waals surface area contributed by atoms with Crippen LogP contribution in [0.25, 0.3) is 0 Å². The third-order valence-corrected chi connectivity index (χ3v) is 2.92. The lowest BCUT2D eigenvalue weighted by molar-refractivity contribution is 0.0433. The second kappa shape index (κ2) is 6.72. The zero-order chi connectivity index (χ0) is 13.7. The second-order valence-electron chi connectivity index (χ2n) is 4.13. The van der Waals surface area contributed by atoms with Crippen molar-refractivity contribution < 1.29 is 14.6 Å². The molecule has 0 saturated heterocycles. The van der Waals surface area contributed by atoms with Crippen LogP contribution >= 0.6 is 15.9 Å². The van der Waals surface area contributed by atoms with Gasteiger partial charge >= 0.3 is 5.97 Å². The lowest BCUT2D eigenvalue weighted by Crippen LogP contribution is -2.14. The number of carbonyl (C=O) groups is 1. The Labute approximate surface area is 115 Å². The highest BCUT2D eigenvalue weighted by Gasteiger charge is 2.13. The molecule has 0 spiro atoms. The molecule has 3 N–H and O–H groups in total. The van der Waals surface area contributed by atoms with E-state index >= 15 is 0 Å². The zero-order valence-electron chi connectivity index (χ0n) is 10.4. The van der Waals surface area contributed by atoms with E-state index in [9.17, 15) is 4.79 Å². The lowest BCUT2D eigenvalue weighted by Gasteiger charge is -2.14. The average molecular weight is 317 g/mol. The summed E-state index contributed by atoms with van der Waals surface area (Å²) >= 11 is 3.32. The number of aliphatic hydroxyl groups is 1. The van der Waals surface area contributed by atoms with E-state index in [-0.39, 0.29) is 13.2 Å². The number of rotatable bonds is 5. The molecule has 1 aromatic rings. The summed E-state index contributed by atoms with van der Waals surface area (Å²) in [6.45, 7) is 0.432. The number of hydrogen-bond acceptors (Lipinski definition) is 5. The Hall–Kier alpha value is -1.11. The summed E-state index contributed by atoms with van der Waals surface area (Å²) in [6.07, 6.45) is 0. The van der Waals surface area contributed by atoms with Gasteiger partial charge in [0.05, 0.1) is 17.9 Å². The molecule has 0 fully saturated rings. The molecular weight excluding hydrogens is 300 g/mol. The number of nitrogen functional groups attached to an aromatic ring is 1. The summed E-state index contributed by atoms with van der Waals surface area (Å²) in [4.78, 5) is 13.7. The van der Waals surface area contributed by atoms with Gasteiger partial charge in [-0.2, -0.15) is 0 Å². The smallest absolute Gasteiger partial charge is 0.338 e. The van der Waals surface area contributed by atoms with E-state index in [0.29, 0.717) is 22.3 Å². The highest BCUT2D eigenvalue weighted by Crippen LogP contribution is 2.26. The topological polar surface area (TPSA) is 75.8 Å². The van der Waals surface area contributed by atoms with Crippen LogP contribution in [-0.4, -0.2) is 43.3 Å². The van der Waals surface area contributed by atoms with Gasteiger partial charge in [-0.3, -0.25) is 0 Å². The van der Waals surface area contributed by atoms with Gasteiger partial charge in [-0.15, -0.1) is 0 Å². The third-order valence-electron chi connectivity index (χ3n) is 2.26. The molecule has 0 aliphatic heterocycles. The summed E-state index contributed by atoms with van der Waals surface area (Å²) in [6, 6.07) is 3.33. The molecule has 0 heterocycles. The van der Waals surface area contributed by atoms with Crippen LogP contribution in [0.3, 0.4) is 0 Å². The summed E-state index contributed by atoms with van der Waals surface area (Å²) < 4.78 is 5.53. The van der Waals surface area contributed by atoms with E-state index in [1.807, 2.05) is 19.0 Å². The number of ether oxygens (including phenoxy) is 1. The molecule has 0 amide bonds. The minimum absolute atomic E-state index is 0.0101.